The maximum Gasteiger partial charge on any atom is 0.273 e. The molecule has 2 heterocycles. The van der Waals surface area contributed by atoms with Gasteiger partial charge in [-0.2, -0.15) is 10.2 Å². The molecule has 0 aliphatic carbocycles. The molecule has 0 radical (unpaired) electrons. The molecule has 1 aromatic carbocycles. The highest BCUT2D eigenvalue weighted by Gasteiger charge is 2.11. The molecule has 1 amide bonds. The minimum absolute atomic E-state index is 0.00153. The molecule has 0 saturated heterocycles. The summed E-state index contributed by atoms with van der Waals surface area (Å²) in [7, 11) is 1.77. The standard InChI is InChI=1S/C16H16N8OS/c1-24-10-12(7-20-24)18-8-13(21-17)15(25)19-9-14-22-23-16(26-14)11-5-3-2-4-6-11/h2-8,10H,9,17H2,1H3,(H,19,25)/b18-8?,21-13+. The van der Waals surface area contributed by atoms with E-state index in [1.807, 2.05) is 30.3 Å². The normalized spacial score (nSPS) is 11.8. The first-order chi connectivity index (χ1) is 12.7. The molecule has 10 heteroatoms. The Hall–Kier alpha value is -3.40. The molecule has 0 spiro atoms. The molecule has 3 rings (SSSR count). The van der Waals surface area contributed by atoms with Crippen LogP contribution in [0.15, 0.2) is 52.8 Å². The van der Waals surface area contributed by atoms with Gasteiger partial charge in [-0.25, -0.2) is 0 Å². The fourth-order valence-corrected chi connectivity index (χ4v) is 2.81. The fourth-order valence-electron chi connectivity index (χ4n) is 2.03. The van der Waals surface area contributed by atoms with E-state index in [0.717, 1.165) is 10.6 Å². The van der Waals surface area contributed by atoms with Gasteiger partial charge in [-0.05, 0) is 0 Å². The van der Waals surface area contributed by atoms with Gasteiger partial charge in [0.15, 0.2) is 5.71 Å². The van der Waals surface area contributed by atoms with E-state index in [0.29, 0.717) is 10.7 Å². The molecule has 9 nitrogen and oxygen atoms in total. The van der Waals surface area contributed by atoms with Gasteiger partial charge < -0.3 is 11.2 Å². The molecule has 3 aromatic rings. The lowest BCUT2D eigenvalue weighted by Gasteiger charge is -2.01. The number of aromatic nitrogens is 4. The number of nitrogens with two attached hydrogens (primary N) is 1. The van der Waals surface area contributed by atoms with E-state index in [1.165, 1.54) is 17.6 Å². The number of nitrogens with zero attached hydrogens (tertiary/aromatic N) is 6. The van der Waals surface area contributed by atoms with Crippen molar-refractivity contribution in [3.05, 3.63) is 47.7 Å². The quantitative estimate of drug-likeness (QED) is 0.385. The molecule has 0 fully saturated rings. The van der Waals surface area contributed by atoms with Crippen molar-refractivity contribution in [1.29, 1.82) is 0 Å². The van der Waals surface area contributed by atoms with Crippen LogP contribution in [0.5, 0.6) is 0 Å². The Morgan fingerprint density at radius 3 is 2.85 bits per heavy atom. The van der Waals surface area contributed by atoms with E-state index in [9.17, 15) is 4.79 Å². The third-order valence-electron chi connectivity index (χ3n) is 3.29. The summed E-state index contributed by atoms with van der Waals surface area (Å²) in [6, 6.07) is 9.72. The van der Waals surface area contributed by atoms with Crippen LogP contribution >= 0.6 is 11.3 Å². The van der Waals surface area contributed by atoms with Crippen molar-refractivity contribution in [2.75, 3.05) is 0 Å². The molecule has 132 valence electrons. The number of carbonyl (C=O) groups excluding carboxylic acids is 1. The average Bonchev–Trinajstić information content (AvgIpc) is 3.30. The Labute approximate surface area is 153 Å². The number of hydrogen-bond donors (Lipinski definition) is 2. The second-order valence-electron chi connectivity index (χ2n) is 5.19. The minimum Gasteiger partial charge on any atom is -0.344 e. The SMILES string of the molecule is Cn1cc(N=C/C(=N\N)C(=O)NCc2nnc(-c3ccccc3)s2)cn1. The number of carbonyl (C=O) groups is 1. The largest absolute Gasteiger partial charge is 0.344 e. The topological polar surface area (TPSA) is 123 Å². The summed E-state index contributed by atoms with van der Waals surface area (Å²) in [6.45, 7) is 0.225. The zero-order chi connectivity index (χ0) is 18.4. The lowest BCUT2D eigenvalue weighted by molar-refractivity contribution is -0.114. The highest BCUT2D eigenvalue weighted by Crippen LogP contribution is 2.22. The summed E-state index contributed by atoms with van der Waals surface area (Å²) in [4.78, 5) is 16.3. The number of benzene rings is 1. The third-order valence-corrected chi connectivity index (χ3v) is 4.26. The zero-order valence-corrected chi connectivity index (χ0v) is 14.7. The number of hydrogen-bond acceptors (Lipinski definition) is 8. The first kappa shape index (κ1) is 17.4. The van der Waals surface area contributed by atoms with Crippen LogP contribution in [0, 0.1) is 0 Å². The van der Waals surface area contributed by atoms with Crippen molar-refractivity contribution >= 4 is 34.9 Å². The van der Waals surface area contributed by atoms with Crippen LogP contribution in [-0.4, -0.2) is 37.8 Å². The van der Waals surface area contributed by atoms with E-state index >= 15 is 0 Å². The maximum atomic E-state index is 12.2. The summed E-state index contributed by atoms with van der Waals surface area (Å²) in [5, 5.41) is 19.8. The molecule has 3 N–H and O–H groups in total. The van der Waals surface area contributed by atoms with E-state index in [-0.39, 0.29) is 12.3 Å². The third kappa shape index (κ3) is 4.36. The van der Waals surface area contributed by atoms with Crippen molar-refractivity contribution in [2.45, 2.75) is 6.54 Å². The van der Waals surface area contributed by atoms with E-state index < -0.39 is 5.91 Å². The Bertz CT molecular complexity index is 944. The molecule has 0 bridgehead atoms. The zero-order valence-electron chi connectivity index (χ0n) is 13.9. The minimum atomic E-state index is -0.448. The van der Waals surface area contributed by atoms with Gasteiger partial charge in [0.1, 0.15) is 15.7 Å². The van der Waals surface area contributed by atoms with E-state index in [4.69, 9.17) is 5.84 Å². The monoisotopic (exact) mass is 368 g/mol. The Balaban J connectivity index is 1.59. The predicted octanol–water partition coefficient (Wildman–Crippen LogP) is 1.27. The smallest absolute Gasteiger partial charge is 0.273 e. The van der Waals surface area contributed by atoms with Crippen LogP contribution in [0.1, 0.15) is 5.01 Å². The second kappa shape index (κ2) is 8.12. The molecule has 0 unspecified atom stereocenters. The van der Waals surface area contributed by atoms with Crippen LogP contribution in [0.4, 0.5) is 5.69 Å². The number of nitrogens with one attached hydrogen (secondary N) is 1. The van der Waals surface area contributed by atoms with Crippen LogP contribution in [0.25, 0.3) is 10.6 Å². The van der Waals surface area contributed by atoms with E-state index in [1.54, 1.807) is 24.1 Å². The van der Waals surface area contributed by atoms with Crippen LogP contribution in [-0.2, 0) is 18.4 Å². The van der Waals surface area contributed by atoms with Gasteiger partial charge in [-0.15, -0.1) is 10.2 Å². The van der Waals surface area contributed by atoms with Crippen molar-refractivity contribution in [2.24, 2.45) is 23.0 Å². The van der Waals surface area contributed by atoms with Gasteiger partial charge in [0.25, 0.3) is 5.91 Å². The highest BCUT2D eigenvalue weighted by molar-refractivity contribution is 7.14. The first-order valence-corrected chi connectivity index (χ1v) is 8.44. The number of aliphatic imine (C=N–C) groups is 1. The maximum absolute atomic E-state index is 12.2. The molecule has 2 aromatic heterocycles. The number of amides is 1. The molecule has 0 aliphatic rings. The predicted molar refractivity (Wildman–Crippen MR) is 100 cm³/mol. The second-order valence-corrected chi connectivity index (χ2v) is 6.26. The summed E-state index contributed by atoms with van der Waals surface area (Å²) in [5.74, 6) is 4.83. The van der Waals surface area contributed by atoms with Crippen molar-refractivity contribution in [1.82, 2.24) is 25.3 Å². The average molecular weight is 368 g/mol. The molecule has 0 saturated carbocycles. The number of hydrazone groups is 1. The number of aryl methyl sites for hydroxylation is 1. The Morgan fingerprint density at radius 1 is 1.35 bits per heavy atom. The summed E-state index contributed by atoms with van der Waals surface area (Å²) < 4.78 is 1.60. The lowest BCUT2D eigenvalue weighted by Crippen LogP contribution is -2.32. The molecule has 0 aliphatic heterocycles. The Kier molecular flexibility index (Phi) is 5.44. The van der Waals surface area contributed by atoms with Crippen molar-refractivity contribution in [3.8, 4) is 10.6 Å². The van der Waals surface area contributed by atoms with Crippen LogP contribution < -0.4 is 11.2 Å². The van der Waals surface area contributed by atoms with Gasteiger partial charge >= 0.3 is 0 Å². The van der Waals surface area contributed by atoms with Gasteiger partial charge in [0.05, 0.1) is 25.2 Å². The molecule has 0 atom stereocenters. The summed E-state index contributed by atoms with van der Waals surface area (Å²) in [5.41, 5.74) is 1.58. The van der Waals surface area contributed by atoms with Gasteiger partial charge in [-0.1, -0.05) is 41.7 Å². The van der Waals surface area contributed by atoms with Crippen LogP contribution in [0.3, 0.4) is 0 Å². The number of rotatable bonds is 6. The van der Waals surface area contributed by atoms with Gasteiger partial charge in [-0.3, -0.25) is 14.5 Å². The van der Waals surface area contributed by atoms with Crippen molar-refractivity contribution < 1.29 is 4.79 Å². The van der Waals surface area contributed by atoms with Crippen molar-refractivity contribution in [3.63, 3.8) is 0 Å². The van der Waals surface area contributed by atoms with E-state index in [2.05, 4.69) is 30.7 Å². The first-order valence-electron chi connectivity index (χ1n) is 7.62. The van der Waals surface area contributed by atoms with Gasteiger partial charge in [0, 0.05) is 12.6 Å². The molecular weight excluding hydrogens is 352 g/mol. The Morgan fingerprint density at radius 2 is 2.15 bits per heavy atom. The fraction of sp³-hybridized carbons (Fsp3) is 0.125. The van der Waals surface area contributed by atoms with Crippen LogP contribution in [0.2, 0.25) is 0 Å². The highest BCUT2D eigenvalue weighted by atomic mass is 32.1. The van der Waals surface area contributed by atoms with Gasteiger partial charge in [0.2, 0.25) is 0 Å². The lowest BCUT2D eigenvalue weighted by atomic mass is 10.2. The summed E-state index contributed by atoms with van der Waals surface area (Å²) in [6.07, 6.45) is 4.56. The molecular formula is C16H16N8OS. The molecule has 26 heavy (non-hydrogen) atoms. The summed E-state index contributed by atoms with van der Waals surface area (Å²) >= 11 is 1.41.